The summed E-state index contributed by atoms with van der Waals surface area (Å²) >= 11 is 0. The van der Waals surface area contributed by atoms with Crippen LogP contribution in [0, 0.1) is 0 Å². The van der Waals surface area contributed by atoms with Crippen molar-refractivity contribution in [1.29, 1.82) is 0 Å². The summed E-state index contributed by atoms with van der Waals surface area (Å²) in [4.78, 5) is 3.99. The standard InChI is InChI=1S/C14H12N2O/c1-2-6-14-12(4-1)10-13(17-14)5-3-8-16-9-7-15-11-16/h1-7,9-11H,8H2/b5-3+. The second-order valence-electron chi connectivity index (χ2n) is 3.85. The van der Waals surface area contributed by atoms with Crippen molar-refractivity contribution in [3.63, 3.8) is 0 Å². The van der Waals surface area contributed by atoms with Gasteiger partial charge in [-0.05, 0) is 18.2 Å². The van der Waals surface area contributed by atoms with E-state index in [0.29, 0.717) is 0 Å². The van der Waals surface area contributed by atoms with Crippen molar-refractivity contribution in [2.45, 2.75) is 6.54 Å². The summed E-state index contributed by atoms with van der Waals surface area (Å²) in [6.45, 7) is 0.803. The first-order valence-corrected chi connectivity index (χ1v) is 5.53. The molecule has 0 saturated heterocycles. The molecule has 0 amide bonds. The number of benzene rings is 1. The molecular formula is C14H12N2O. The van der Waals surface area contributed by atoms with Crippen LogP contribution in [0.1, 0.15) is 5.76 Å². The van der Waals surface area contributed by atoms with Crippen molar-refractivity contribution in [1.82, 2.24) is 9.55 Å². The van der Waals surface area contributed by atoms with E-state index in [9.17, 15) is 0 Å². The molecule has 3 heteroatoms. The molecule has 0 bridgehead atoms. The molecule has 0 unspecified atom stereocenters. The molecule has 84 valence electrons. The third-order valence-electron chi connectivity index (χ3n) is 2.60. The van der Waals surface area contributed by atoms with E-state index >= 15 is 0 Å². The fourth-order valence-electron chi connectivity index (χ4n) is 1.77. The van der Waals surface area contributed by atoms with Gasteiger partial charge in [0.15, 0.2) is 0 Å². The number of imidazole rings is 1. The lowest BCUT2D eigenvalue weighted by atomic mass is 10.2. The van der Waals surface area contributed by atoms with Gasteiger partial charge in [-0.1, -0.05) is 24.3 Å². The highest BCUT2D eigenvalue weighted by molar-refractivity contribution is 5.79. The predicted octanol–water partition coefficient (Wildman–Crippen LogP) is 3.34. The summed E-state index contributed by atoms with van der Waals surface area (Å²) in [6.07, 6.45) is 9.54. The number of hydrogen-bond donors (Lipinski definition) is 0. The average molecular weight is 224 g/mol. The monoisotopic (exact) mass is 224 g/mol. The number of nitrogens with zero attached hydrogens (tertiary/aromatic N) is 2. The third-order valence-corrected chi connectivity index (χ3v) is 2.60. The lowest BCUT2D eigenvalue weighted by molar-refractivity contribution is 0.604. The second-order valence-corrected chi connectivity index (χ2v) is 3.85. The molecule has 0 fully saturated rings. The Balaban J connectivity index is 1.78. The Bertz CT molecular complexity index is 602. The Morgan fingerprint density at radius 1 is 1.29 bits per heavy atom. The zero-order valence-corrected chi connectivity index (χ0v) is 9.28. The van der Waals surface area contributed by atoms with Crippen molar-refractivity contribution < 1.29 is 4.42 Å². The van der Waals surface area contributed by atoms with Crippen LogP contribution in [0.2, 0.25) is 0 Å². The second kappa shape index (κ2) is 4.29. The van der Waals surface area contributed by atoms with Crippen LogP contribution in [0.4, 0.5) is 0 Å². The summed E-state index contributed by atoms with van der Waals surface area (Å²) in [7, 11) is 0. The number of para-hydroxylation sites is 1. The maximum absolute atomic E-state index is 5.68. The van der Waals surface area contributed by atoms with E-state index in [0.717, 1.165) is 23.3 Å². The van der Waals surface area contributed by atoms with Gasteiger partial charge in [-0.3, -0.25) is 0 Å². The summed E-state index contributed by atoms with van der Waals surface area (Å²) in [5.74, 6) is 0.881. The highest BCUT2D eigenvalue weighted by atomic mass is 16.3. The zero-order chi connectivity index (χ0) is 11.5. The maximum atomic E-state index is 5.68. The van der Waals surface area contributed by atoms with Crippen molar-refractivity contribution in [2.75, 3.05) is 0 Å². The molecule has 0 saturated carbocycles. The quantitative estimate of drug-likeness (QED) is 0.683. The minimum Gasteiger partial charge on any atom is -0.457 e. The molecule has 17 heavy (non-hydrogen) atoms. The van der Waals surface area contributed by atoms with Crippen LogP contribution in [0.15, 0.2) is 59.5 Å². The highest BCUT2D eigenvalue weighted by Gasteiger charge is 1.98. The fourth-order valence-corrected chi connectivity index (χ4v) is 1.77. The number of aromatic nitrogens is 2. The molecule has 0 aliphatic heterocycles. The minimum atomic E-state index is 0.803. The lowest BCUT2D eigenvalue weighted by Gasteiger charge is -1.92. The zero-order valence-electron chi connectivity index (χ0n) is 9.28. The Kier molecular flexibility index (Phi) is 2.50. The average Bonchev–Trinajstić information content (AvgIpc) is 2.96. The van der Waals surface area contributed by atoms with Gasteiger partial charge in [0, 0.05) is 24.3 Å². The first kappa shape index (κ1) is 9.90. The van der Waals surface area contributed by atoms with E-state index in [4.69, 9.17) is 4.42 Å². The van der Waals surface area contributed by atoms with Crippen LogP contribution in [-0.2, 0) is 6.54 Å². The maximum Gasteiger partial charge on any atom is 0.134 e. The minimum absolute atomic E-state index is 0.803. The van der Waals surface area contributed by atoms with Crippen LogP contribution in [0.25, 0.3) is 17.0 Å². The summed E-state index contributed by atoms with van der Waals surface area (Å²) in [6, 6.07) is 10.1. The SMILES string of the molecule is C(=C\c1cc2ccccc2o1)/Cn1ccnc1. The van der Waals surface area contributed by atoms with Gasteiger partial charge < -0.3 is 8.98 Å². The molecule has 0 atom stereocenters. The van der Waals surface area contributed by atoms with Crippen LogP contribution in [-0.4, -0.2) is 9.55 Å². The Labute approximate surface area is 99.0 Å². The van der Waals surface area contributed by atoms with Crippen LogP contribution < -0.4 is 0 Å². The van der Waals surface area contributed by atoms with E-state index in [1.807, 2.05) is 47.2 Å². The first-order valence-electron chi connectivity index (χ1n) is 5.53. The molecule has 0 spiro atoms. The summed E-state index contributed by atoms with van der Waals surface area (Å²) in [5, 5.41) is 1.13. The Hall–Kier alpha value is -2.29. The predicted molar refractivity (Wildman–Crippen MR) is 67.5 cm³/mol. The number of fused-ring (bicyclic) bond motifs is 1. The normalized spacial score (nSPS) is 11.5. The Morgan fingerprint density at radius 2 is 2.24 bits per heavy atom. The fraction of sp³-hybridized carbons (Fsp3) is 0.0714. The molecule has 3 rings (SSSR count). The van der Waals surface area contributed by atoms with Crippen LogP contribution >= 0.6 is 0 Å². The number of furan rings is 1. The first-order chi connectivity index (χ1) is 8.42. The largest absolute Gasteiger partial charge is 0.457 e. The topological polar surface area (TPSA) is 31.0 Å². The van der Waals surface area contributed by atoms with E-state index in [-0.39, 0.29) is 0 Å². The van der Waals surface area contributed by atoms with Crippen LogP contribution in [0.3, 0.4) is 0 Å². The van der Waals surface area contributed by atoms with Crippen LogP contribution in [0.5, 0.6) is 0 Å². The molecular weight excluding hydrogens is 212 g/mol. The van der Waals surface area contributed by atoms with E-state index in [2.05, 4.69) is 11.1 Å². The molecule has 3 nitrogen and oxygen atoms in total. The highest BCUT2D eigenvalue weighted by Crippen LogP contribution is 2.19. The van der Waals surface area contributed by atoms with Gasteiger partial charge in [0.25, 0.3) is 0 Å². The summed E-state index contributed by atoms with van der Waals surface area (Å²) in [5.41, 5.74) is 0.926. The van der Waals surface area contributed by atoms with Gasteiger partial charge >= 0.3 is 0 Å². The molecule has 0 N–H and O–H groups in total. The van der Waals surface area contributed by atoms with Crippen molar-refractivity contribution in [3.8, 4) is 0 Å². The van der Waals surface area contributed by atoms with E-state index in [1.54, 1.807) is 12.5 Å². The van der Waals surface area contributed by atoms with Gasteiger partial charge in [-0.25, -0.2) is 4.98 Å². The van der Waals surface area contributed by atoms with Crippen molar-refractivity contribution in [2.24, 2.45) is 0 Å². The van der Waals surface area contributed by atoms with Gasteiger partial charge in [-0.15, -0.1) is 0 Å². The molecule has 1 aromatic carbocycles. The smallest absolute Gasteiger partial charge is 0.134 e. The Morgan fingerprint density at radius 3 is 3.06 bits per heavy atom. The van der Waals surface area contributed by atoms with E-state index < -0.39 is 0 Å². The number of allylic oxidation sites excluding steroid dienone is 1. The lowest BCUT2D eigenvalue weighted by Crippen LogP contribution is -1.88. The molecule has 0 aliphatic carbocycles. The number of hydrogen-bond acceptors (Lipinski definition) is 2. The van der Waals surface area contributed by atoms with Crippen molar-refractivity contribution >= 4 is 17.0 Å². The van der Waals surface area contributed by atoms with Crippen molar-refractivity contribution in [3.05, 3.63) is 60.9 Å². The molecule has 0 radical (unpaired) electrons. The van der Waals surface area contributed by atoms with Gasteiger partial charge in [0.1, 0.15) is 11.3 Å². The number of rotatable bonds is 3. The molecule has 0 aliphatic rings. The van der Waals surface area contributed by atoms with E-state index in [1.165, 1.54) is 0 Å². The van der Waals surface area contributed by atoms with Gasteiger partial charge in [-0.2, -0.15) is 0 Å². The van der Waals surface area contributed by atoms with Gasteiger partial charge in [0.05, 0.1) is 6.33 Å². The molecule has 3 aromatic rings. The summed E-state index contributed by atoms with van der Waals surface area (Å²) < 4.78 is 7.67. The van der Waals surface area contributed by atoms with Gasteiger partial charge in [0.2, 0.25) is 0 Å². The molecule has 2 aromatic heterocycles. The third kappa shape index (κ3) is 2.13. The molecule has 2 heterocycles.